The molecular formula is C14H25N5. The van der Waals surface area contributed by atoms with E-state index in [1.54, 1.807) is 0 Å². The van der Waals surface area contributed by atoms with Gasteiger partial charge in [0.1, 0.15) is 17.5 Å². The van der Waals surface area contributed by atoms with E-state index in [0.717, 1.165) is 49.9 Å². The van der Waals surface area contributed by atoms with Gasteiger partial charge in [0.05, 0.1) is 0 Å². The summed E-state index contributed by atoms with van der Waals surface area (Å²) in [5.74, 6) is 2.80. The summed E-state index contributed by atoms with van der Waals surface area (Å²) in [6, 6.07) is 2.61. The molecule has 19 heavy (non-hydrogen) atoms. The van der Waals surface area contributed by atoms with Gasteiger partial charge in [-0.2, -0.15) is 0 Å². The minimum absolute atomic E-state index is 0.540. The van der Waals surface area contributed by atoms with Crippen LogP contribution >= 0.6 is 0 Å². The summed E-state index contributed by atoms with van der Waals surface area (Å²) in [6.45, 7) is 6.87. The van der Waals surface area contributed by atoms with E-state index in [1.165, 1.54) is 12.8 Å². The Bertz CT molecular complexity index is 407. The lowest BCUT2D eigenvalue weighted by molar-refractivity contribution is 0.613. The molecule has 1 aromatic rings. The third kappa shape index (κ3) is 3.56. The molecule has 0 bridgehead atoms. The Morgan fingerprint density at radius 2 is 2.32 bits per heavy atom. The van der Waals surface area contributed by atoms with Gasteiger partial charge in [-0.25, -0.2) is 9.97 Å². The summed E-state index contributed by atoms with van der Waals surface area (Å²) in [5.41, 5.74) is 5.70. The van der Waals surface area contributed by atoms with Crippen LogP contribution < -0.4 is 16.0 Å². The first-order chi connectivity index (χ1) is 9.24. The Balaban J connectivity index is 2.16. The van der Waals surface area contributed by atoms with Crippen LogP contribution in [-0.2, 0) is 0 Å². The van der Waals surface area contributed by atoms with Crippen LogP contribution in [0.2, 0.25) is 0 Å². The van der Waals surface area contributed by atoms with Crippen LogP contribution in [0.1, 0.15) is 38.4 Å². The number of nitrogens with two attached hydrogens (primary N) is 1. The zero-order valence-corrected chi connectivity index (χ0v) is 12.0. The third-order valence-corrected chi connectivity index (χ3v) is 3.55. The largest absolute Gasteiger partial charge is 0.370 e. The highest BCUT2D eigenvalue weighted by molar-refractivity contribution is 5.50. The second kappa shape index (κ2) is 6.70. The highest BCUT2D eigenvalue weighted by Gasteiger charge is 2.25. The zero-order chi connectivity index (χ0) is 13.7. The lowest BCUT2D eigenvalue weighted by Gasteiger charge is -2.26. The molecule has 0 amide bonds. The van der Waals surface area contributed by atoms with E-state index in [0.29, 0.717) is 6.04 Å². The van der Waals surface area contributed by atoms with Crippen molar-refractivity contribution in [3.05, 3.63) is 11.9 Å². The first-order valence-corrected chi connectivity index (χ1v) is 7.31. The Morgan fingerprint density at radius 3 is 3.05 bits per heavy atom. The normalized spacial score (nSPS) is 18.9. The predicted molar refractivity (Wildman–Crippen MR) is 79.6 cm³/mol. The number of aryl methyl sites for hydroxylation is 1. The molecule has 0 radical (unpaired) electrons. The average molecular weight is 263 g/mol. The van der Waals surface area contributed by atoms with E-state index in [9.17, 15) is 0 Å². The van der Waals surface area contributed by atoms with Crippen molar-refractivity contribution in [1.82, 2.24) is 9.97 Å². The molecule has 3 N–H and O–H groups in total. The smallest absolute Gasteiger partial charge is 0.134 e. The maximum absolute atomic E-state index is 5.70. The molecule has 1 saturated heterocycles. The monoisotopic (exact) mass is 263 g/mol. The van der Waals surface area contributed by atoms with Crippen molar-refractivity contribution in [3.63, 3.8) is 0 Å². The van der Waals surface area contributed by atoms with Gasteiger partial charge >= 0.3 is 0 Å². The fourth-order valence-corrected chi connectivity index (χ4v) is 2.67. The fourth-order valence-electron chi connectivity index (χ4n) is 2.67. The molecule has 5 heteroatoms. The van der Waals surface area contributed by atoms with Gasteiger partial charge in [-0.3, -0.25) is 0 Å². The standard InChI is InChI=1S/C14H25N5/c1-3-8-16-13-10-14(18-11(2)17-13)19-9-4-5-12(19)6-7-15/h10,12H,3-9,15H2,1-2H3,(H,16,17,18). The molecule has 1 fully saturated rings. The summed E-state index contributed by atoms with van der Waals surface area (Å²) in [5, 5.41) is 3.34. The molecule has 0 aromatic carbocycles. The van der Waals surface area contributed by atoms with Gasteiger partial charge in [-0.15, -0.1) is 0 Å². The van der Waals surface area contributed by atoms with Crippen LogP contribution in [0, 0.1) is 6.92 Å². The molecule has 1 aliphatic rings. The highest BCUT2D eigenvalue weighted by atomic mass is 15.2. The number of hydrogen-bond acceptors (Lipinski definition) is 5. The van der Waals surface area contributed by atoms with Crippen LogP contribution in [-0.4, -0.2) is 35.6 Å². The molecule has 1 atom stereocenters. The van der Waals surface area contributed by atoms with Crippen LogP contribution in [0.5, 0.6) is 0 Å². The number of aromatic nitrogens is 2. The van der Waals surface area contributed by atoms with E-state index in [-0.39, 0.29) is 0 Å². The van der Waals surface area contributed by atoms with E-state index < -0.39 is 0 Å². The van der Waals surface area contributed by atoms with Gasteiger partial charge in [0.2, 0.25) is 0 Å². The maximum atomic E-state index is 5.70. The molecule has 2 heterocycles. The minimum Gasteiger partial charge on any atom is -0.370 e. The summed E-state index contributed by atoms with van der Waals surface area (Å²) in [6.07, 6.45) is 4.59. The van der Waals surface area contributed by atoms with Gasteiger partial charge in [0.15, 0.2) is 0 Å². The van der Waals surface area contributed by atoms with Crippen LogP contribution in [0.4, 0.5) is 11.6 Å². The second-order valence-electron chi connectivity index (χ2n) is 5.15. The van der Waals surface area contributed by atoms with E-state index in [2.05, 4.69) is 33.2 Å². The lowest BCUT2D eigenvalue weighted by atomic mass is 10.1. The van der Waals surface area contributed by atoms with Gasteiger partial charge in [-0.1, -0.05) is 6.92 Å². The van der Waals surface area contributed by atoms with Gasteiger partial charge in [0, 0.05) is 25.2 Å². The molecule has 2 rings (SSSR count). The SMILES string of the molecule is CCCNc1cc(N2CCCC2CCN)nc(C)n1. The summed E-state index contributed by atoms with van der Waals surface area (Å²) in [7, 11) is 0. The highest BCUT2D eigenvalue weighted by Crippen LogP contribution is 2.27. The third-order valence-electron chi connectivity index (χ3n) is 3.55. The van der Waals surface area contributed by atoms with Gasteiger partial charge < -0.3 is 16.0 Å². The molecule has 1 unspecified atom stereocenters. The van der Waals surface area contributed by atoms with Crippen molar-refractivity contribution in [3.8, 4) is 0 Å². The molecule has 106 valence electrons. The first-order valence-electron chi connectivity index (χ1n) is 7.31. The number of nitrogens with zero attached hydrogens (tertiary/aromatic N) is 3. The van der Waals surface area contributed by atoms with Crippen molar-refractivity contribution < 1.29 is 0 Å². The van der Waals surface area contributed by atoms with E-state index in [4.69, 9.17) is 5.73 Å². The molecule has 0 saturated carbocycles. The lowest BCUT2D eigenvalue weighted by Crippen LogP contribution is -2.32. The minimum atomic E-state index is 0.540. The number of nitrogens with one attached hydrogen (secondary N) is 1. The Kier molecular flexibility index (Phi) is 4.96. The van der Waals surface area contributed by atoms with Crippen molar-refractivity contribution >= 4 is 11.6 Å². The quantitative estimate of drug-likeness (QED) is 0.821. The van der Waals surface area contributed by atoms with Gasteiger partial charge in [-0.05, 0) is 39.2 Å². The van der Waals surface area contributed by atoms with Crippen molar-refractivity contribution in [1.29, 1.82) is 0 Å². The van der Waals surface area contributed by atoms with Crippen LogP contribution in [0.25, 0.3) is 0 Å². The zero-order valence-electron chi connectivity index (χ0n) is 12.0. The van der Waals surface area contributed by atoms with E-state index in [1.807, 2.05) is 6.92 Å². The van der Waals surface area contributed by atoms with Crippen molar-refractivity contribution in [2.45, 2.75) is 45.6 Å². The number of rotatable bonds is 6. The molecule has 1 aromatic heterocycles. The van der Waals surface area contributed by atoms with Crippen molar-refractivity contribution in [2.24, 2.45) is 5.73 Å². The predicted octanol–water partition coefficient (Wildman–Crippen LogP) is 1.92. The second-order valence-corrected chi connectivity index (χ2v) is 5.15. The first kappa shape index (κ1) is 14.1. The van der Waals surface area contributed by atoms with E-state index >= 15 is 0 Å². The van der Waals surface area contributed by atoms with Crippen molar-refractivity contribution in [2.75, 3.05) is 29.9 Å². The Morgan fingerprint density at radius 1 is 1.47 bits per heavy atom. The molecule has 1 aliphatic heterocycles. The maximum Gasteiger partial charge on any atom is 0.134 e. The van der Waals surface area contributed by atoms with Gasteiger partial charge in [0.25, 0.3) is 0 Å². The number of anilines is 2. The summed E-state index contributed by atoms with van der Waals surface area (Å²) in [4.78, 5) is 11.4. The fraction of sp³-hybridized carbons (Fsp3) is 0.714. The Hall–Kier alpha value is -1.36. The molecule has 0 aliphatic carbocycles. The van der Waals surface area contributed by atoms with Crippen LogP contribution in [0.3, 0.4) is 0 Å². The molecule has 0 spiro atoms. The van der Waals surface area contributed by atoms with Crippen LogP contribution in [0.15, 0.2) is 6.07 Å². The topological polar surface area (TPSA) is 67.1 Å². The molecular weight excluding hydrogens is 238 g/mol. The average Bonchev–Trinajstić information content (AvgIpc) is 2.84. The Labute approximate surface area is 115 Å². The molecule has 5 nitrogen and oxygen atoms in total. The number of hydrogen-bond donors (Lipinski definition) is 2. The summed E-state index contributed by atoms with van der Waals surface area (Å²) < 4.78 is 0. The summed E-state index contributed by atoms with van der Waals surface area (Å²) >= 11 is 0.